The number of aromatic nitrogens is 1. The number of aliphatic carboxylic acids is 2. The molecule has 3 aromatic rings. The van der Waals surface area contributed by atoms with Gasteiger partial charge in [-0.2, -0.15) is 0 Å². The van der Waals surface area contributed by atoms with Crippen LogP contribution in [0, 0.1) is 10.8 Å². The van der Waals surface area contributed by atoms with Gasteiger partial charge in [-0.05, 0) is 82.9 Å². The Bertz CT molecular complexity index is 1300. The van der Waals surface area contributed by atoms with Crippen LogP contribution in [0.1, 0.15) is 62.8 Å². The van der Waals surface area contributed by atoms with Gasteiger partial charge in [0.1, 0.15) is 0 Å². The fourth-order valence-electron chi connectivity index (χ4n) is 7.69. The number of piperidine rings is 2. The molecular formula is C34H41N3O4. The maximum Gasteiger partial charge on any atom is 0.311 e. The highest BCUT2D eigenvalue weighted by molar-refractivity contribution is 5.83. The number of carboxylic acids is 2. The Hall–Kier alpha value is -3.55. The summed E-state index contributed by atoms with van der Waals surface area (Å²) < 4.78 is 0. The molecule has 0 spiro atoms. The van der Waals surface area contributed by atoms with Gasteiger partial charge in [0.15, 0.2) is 0 Å². The van der Waals surface area contributed by atoms with Gasteiger partial charge in [0.25, 0.3) is 0 Å². The third-order valence-corrected chi connectivity index (χ3v) is 10.3. The summed E-state index contributed by atoms with van der Waals surface area (Å²) in [6, 6.07) is 25.8. The van der Waals surface area contributed by atoms with Gasteiger partial charge in [0, 0.05) is 35.3 Å². The van der Waals surface area contributed by atoms with Crippen LogP contribution >= 0.6 is 0 Å². The van der Waals surface area contributed by atoms with Crippen molar-refractivity contribution < 1.29 is 19.8 Å². The highest BCUT2D eigenvalue weighted by atomic mass is 16.4. The summed E-state index contributed by atoms with van der Waals surface area (Å²) in [5, 5.41) is 24.8. The van der Waals surface area contributed by atoms with Gasteiger partial charge in [-0.25, -0.2) is 0 Å². The Morgan fingerprint density at radius 3 is 1.90 bits per heavy atom. The normalized spacial score (nSPS) is 30.0. The summed E-state index contributed by atoms with van der Waals surface area (Å²) in [4.78, 5) is 33.1. The average Bonchev–Trinajstić information content (AvgIpc) is 2.99. The molecule has 2 aromatic carbocycles. The minimum atomic E-state index is -1.36. The lowest BCUT2D eigenvalue weighted by molar-refractivity contribution is -0.172. The largest absolute Gasteiger partial charge is 0.481 e. The zero-order valence-electron chi connectivity index (χ0n) is 24.2. The van der Waals surface area contributed by atoms with E-state index in [1.807, 2.05) is 32.0 Å². The molecule has 0 saturated carbocycles. The van der Waals surface area contributed by atoms with Crippen LogP contribution in [0.15, 0.2) is 85.1 Å². The smallest absolute Gasteiger partial charge is 0.311 e. The Balaban J connectivity index is 1.45. The summed E-state index contributed by atoms with van der Waals surface area (Å²) in [6.07, 6.45) is 3.78. The van der Waals surface area contributed by atoms with Crippen molar-refractivity contribution in [3.8, 4) is 0 Å². The zero-order chi connectivity index (χ0) is 29.3. The van der Waals surface area contributed by atoms with Crippen LogP contribution < -0.4 is 5.32 Å². The second kappa shape index (κ2) is 11.4. The number of carboxylic acid groups (broad SMARTS) is 2. The molecule has 2 aliphatic heterocycles. The molecule has 7 heteroatoms. The Labute approximate surface area is 242 Å². The lowest BCUT2D eigenvalue weighted by Crippen LogP contribution is -2.69. The molecule has 5 unspecified atom stereocenters. The highest BCUT2D eigenvalue weighted by Crippen LogP contribution is 2.56. The van der Waals surface area contributed by atoms with Crippen molar-refractivity contribution in [1.82, 2.24) is 15.2 Å². The van der Waals surface area contributed by atoms with Gasteiger partial charge in [0.05, 0.1) is 10.8 Å². The molecule has 7 nitrogen and oxygen atoms in total. The molecule has 0 bridgehead atoms. The standard InChI is InChI=1S/C34H41N3O4/c1-24-32(3,30(38)39)29(28-16-10-11-20-35-28)34(31(40)41,25(2)36-24)19-23-37-21-17-33(18-22-37,26-12-6-4-7-13-26)27-14-8-5-9-15-27/h4-16,20,24-25,29,36H,17-19,21-23H2,1-3H3,(H,38,39)(H,40,41). The molecular weight excluding hydrogens is 514 g/mol. The SMILES string of the molecule is CC1NC(C)C(CCN2CCC(c3ccccc3)(c3ccccc3)CC2)(C(=O)O)C(c2ccccn2)C1(C)C(=O)O. The molecule has 2 fully saturated rings. The first-order valence-corrected chi connectivity index (χ1v) is 14.6. The minimum absolute atomic E-state index is 0.100. The number of rotatable bonds is 8. The van der Waals surface area contributed by atoms with Gasteiger partial charge in [-0.15, -0.1) is 0 Å². The van der Waals surface area contributed by atoms with Crippen molar-refractivity contribution in [2.45, 2.75) is 63.5 Å². The van der Waals surface area contributed by atoms with E-state index in [0.29, 0.717) is 18.7 Å². The molecule has 0 amide bonds. The maximum absolute atomic E-state index is 13.4. The summed E-state index contributed by atoms with van der Waals surface area (Å²) in [5.41, 5.74) is 0.305. The lowest BCUT2D eigenvalue weighted by Gasteiger charge is -2.56. The Morgan fingerprint density at radius 2 is 1.41 bits per heavy atom. The van der Waals surface area contributed by atoms with Crippen LogP contribution in [0.25, 0.3) is 0 Å². The Kier molecular flexibility index (Phi) is 8.04. The highest BCUT2D eigenvalue weighted by Gasteiger charge is 2.65. The predicted molar refractivity (Wildman–Crippen MR) is 159 cm³/mol. The molecule has 41 heavy (non-hydrogen) atoms. The average molecular weight is 556 g/mol. The van der Waals surface area contributed by atoms with Crippen molar-refractivity contribution in [3.63, 3.8) is 0 Å². The molecule has 216 valence electrons. The van der Waals surface area contributed by atoms with Gasteiger partial charge in [-0.3, -0.25) is 14.6 Å². The van der Waals surface area contributed by atoms with E-state index in [9.17, 15) is 19.8 Å². The van der Waals surface area contributed by atoms with Crippen LogP contribution in [0.2, 0.25) is 0 Å². The van der Waals surface area contributed by atoms with Crippen molar-refractivity contribution >= 4 is 11.9 Å². The number of carbonyl (C=O) groups is 2. The molecule has 5 rings (SSSR count). The molecule has 3 heterocycles. The van der Waals surface area contributed by atoms with E-state index in [4.69, 9.17) is 0 Å². The molecule has 0 aliphatic carbocycles. The monoisotopic (exact) mass is 555 g/mol. The second-order valence-corrected chi connectivity index (χ2v) is 12.1. The molecule has 2 saturated heterocycles. The lowest BCUT2D eigenvalue weighted by atomic mass is 9.52. The first-order chi connectivity index (χ1) is 19.7. The van der Waals surface area contributed by atoms with Crippen molar-refractivity contribution in [2.24, 2.45) is 10.8 Å². The molecule has 5 atom stereocenters. The van der Waals surface area contributed by atoms with Crippen molar-refractivity contribution in [2.75, 3.05) is 19.6 Å². The third kappa shape index (κ3) is 4.85. The van der Waals surface area contributed by atoms with Gasteiger partial charge >= 0.3 is 11.9 Å². The van der Waals surface area contributed by atoms with E-state index in [2.05, 4.69) is 63.7 Å². The number of nitrogens with one attached hydrogen (secondary N) is 1. The summed E-state index contributed by atoms with van der Waals surface area (Å²) in [5.74, 6) is -2.80. The topological polar surface area (TPSA) is 103 Å². The zero-order valence-corrected chi connectivity index (χ0v) is 24.2. The molecule has 0 radical (unpaired) electrons. The van der Waals surface area contributed by atoms with Crippen LogP contribution in [0.5, 0.6) is 0 Å². The van der Waals surface area contributed by atoms with Crippen LogP contribution in [-0.2, 0) is 15.0 Å². The van der Waals surface area contributed by atoms with E-state index in [1.165, 1.54) is 11.1 Å². The third-order valence-electron chi connectivity index (χ3n) is 10.3. The summed E-state index contributed by atoms with van der Waals surface area (Å²) in [6.45, 7) is 7.60. The van der Waals surface area contributed by atoms with Crippen LogP contribution in [0.4, 0.5) is 0 Å². The van der Waals surface area contributed by atoms with Gasteiger partial charge in [-0.1, -0.05) is 66.7 Å². The van der Waals surface area contributed by atoms with Gasteiger partial charge < -0.3 is 20.4 Å². The first kappa shape index (κ1) is 29.0. The number of benzene rings is 2. The predicted octanol–water partition coefficient (Wildman–Crippen LogP) is 5.18. The number of hydrogen-bond donors (Lipinski definition) is 3. The maximum atomic E-state index is 13.4. The van der Waals surface area contributed by atoms with Crippen molar-refractivity contribution in [3.05, 3.63) is 102 Å². The summed E-state index contributed by atoms with van der Waals surface area (Å²) in [7, 11) is 0. The Morgan fingerprint density at radius 1 is 0.854 bits per heavy atom. The fraction of sp³-hybridized carbons (Fsp3) is 0.441. The van der Waals surface area contributed by atoms with Gasteiger partial charge in [0.2, 0.25) is 0 Å². The molecule has 2 aliphatic rings. The van der Waals surface area contributed by atoms with E-state index in [1.54, 1.807) is 25.3 Å². The molecule has 1 aromatic heterocycles. The molecule has 3 N–H and O–H groups in total. The van der Waals surface area contributed by atoms with E-state index in [0.717, 1.165) is 25.9 Å². The first-order valence-electron chi connectivity index (χ1n) is 14.6. The number of likely N-dealkylation sites (tertiary alicyclic amines) is 1. The van der Waals surface area contributed by atoms with Crippen LogP contribution in [-0.4, -0.2) is 63.8 Å². The van der Waals surface area contributed by atoms with E-state index >= 15 is 0 Å². The number of hydrogen-bond acceptors (Lipinski definition) is 5. The van der Waals surface area contributed by atoms with Crippen molar-refractivity contribution in [1.29, 1.82) is 0 Å². The number of nitrogens with zero attached hydrogens (tertiary/aromatic N) is 2. The quantitative estimate of drug-likeness (QED) is 0.352. The second-order valence-electron chi connectivity index (χ2n) is 12.1. The summed E-state index contributed by atoms with van der Waals surface area (Å²) >= 11 is 0. The minimum Gasteiger partial charge on any atom is -0.481 e. The fourth-order valence-corrected chi connectivity index (χ4v) is 7.69. The van der Waals surface area contributed by atoms with E-state index < -0.39 is 40.8 Å². The van der Waals surface area contributed by atoms with Crippen LogP contribution in [0.3, 0.4) is 0 Å². The number of pyridine rings is 1. The van der Waals surface area contributed by atoms with E-state index in [-0.39, 0.29) is 5.41 Å².